The number of benzene rings is 3. The fraction of sp³-hybridized carbons (Fsp3) is 0.412. The standard InChI is InChI=1S/C34H43N3O5S/c1-5-32(34(39)35-28-13-9-10-14-28)36(23-27-12-8-7-11-26(27)4)33(38)24-37(29-17-15-25(3)16-18-29)43(40,41)31-21-19-30(20-22-31)42-6-2/h7-8,11-12,15-22,28,32H,5-6,9-10,13-14,23-24H2,1-4H3,(H,35,39). The molecule has 0 heterocycles. The van der Waals surface area contributed by atoms with Crippen molar-refractivity contribution in [2.45, 2.75) is 83.3 Å². The van der Waals surface area contributed by atoms with Gasteiger partial charge in [0.2, 0.25) is 11.8 Å². The van der Waals surface area contributed by atoms with E-state index in [2.05, 4.69) is 5.32 Å². The number of anilines is 1. The number of hydrogen-bond acceptors (Lipinski definition) is 5. The molecule has 2 amide bonds. The average Bonchev–Trinajstić information content (AvgIpc) is 3.50. The summed E-state index contributed by atoms with van der Waals surface area (Å²) >= 11 is 0. The lowest BCUT2D eigenvalue weighted by Crippen LogP contribution is -2.53. The first kappa shape index (κ1) is 32.1. The number of ether oxygens (including phenoxy) is 1. The highest BCUT2D eigenvalue weighted by atomic mass is 32.2. The minimum absolute atomic E-state index is 0.0424. The van der Waals surface area contributed by atoms with Crippen LogP contribution in [0.2, 0.25) is 0 Å². The predicted octanol–water partition coefficient (Wildman–Crippen LogP) is 5.76. The van der Waals surface area contributed by atoms with Crippen LogP contribution in [0.3, 0.4) is 0 Å². The minimum Gasteiger partial charge on any atom is -0.494 e. The summed E-state index contributed by atoms with van der Waals surface area (Å²) < 4.78 is 34.8. The van der Waals surface area contributed by atoms with Gasteiger partial charge in [-0.1, -0.05) is 61.7 Å². The van der Waals surface area contributed by atoms with E-state index in [9.17, 15) is 18.0 Å². The Labute approximate surface area is 256 Å². The van der Waals surface area contributed by atoms with Crippen molar-refractivity contribution in [3.63, 3.8) is 0 Å². The Kier molecular flexibility index (Phi) is 10.9. The Hall–Kier alpha value is -3.85. The maximum Gasteiger partial charge on any atom is 0.264 e. The van der Waals surface area contributed by atoms with Crippen LogP contribution in [0.5, 0.6) is 5.75 Å². The molecule has 1 fully saturated rings. The zero-order valence-electron chi connectivity index (χ0n) is 25.6. The first-order chi connectivity index (χ1) is 20.6. The maximum absolute atomic E-state index is 14.3. The molecular weight excluding hydrogens is 562 g/mol. The number of amides is 2. The van der Waals surface area contributed by atoms with Crippen LogP contribution in [0.15, 0.2) is 77.7 Å². The van der Waals surface area contributed by atoms with Crippen LogP contribution in [0.25, 0.3) is 0 Å². The van der Waals surface area contributed by atoms with Gasteiger partial charge in [0, 0.05) is 12.6 Å². The third-order valence-corrected chi connectivity index (χ3v) is 9.80. The van der Waals surface area contributed by atoms with Crippen molar-refractivity contribution in [3.05, 3.63) is 89.5 Å². The number of carbonyl (C=O) groups is 2. The van der Waals surface area contributed by atoms with E-state index in [1.54, 1.807) is 29.2 Å². The van der Waals surface area contributed by atoms with Gasteiger partial charge in [0.15, 0.2) is 0 Å². The van der Waals surface area contributed by atoms with Crippen molar-refractivity contribution < 1.29 is 22.7 Å². The van der Waals surface area contributed by atoms with Gasteiger partial charge in [0.1, 0.15) is 18.3 Å². The Bertz CT molecular complexity index is 1480. The molecule has 1 N–H and O–H groups in total. The fourth-order valence-corrected chi connectivity index (χ4v) is 6.91. The second-order valence-corrected chi connectivity index (χ2v) is 13.0. The zero-order chi connectivity index (χ0) is 31.0. The van der Waals surface area contributed by atoms with Crippen LogP contribution in [0.1, 0.15) is 62.6 Å². The van der Waals surface area contributed by atoms with Crippen molar-refractivity contribution >= 4 is 27.5 Å². The van der Waals surface area contributed by atoms with Crippen LogP contribution in [-0.2, 0) is 26.2 Å². The fourth-order valence-electron chi connectivity index (χ4n) is 5.50. The van der Waals surface area contributed by atoms with E-state index in [0.29, 0.717) is 24.5 Å². The summed E-state index contributed by atoms with van der Waals surface area (Å²) in [5, 5.41) is 3.15. The molecule has 1 saturated carbocycles. The topological polar surface area (TPSA) is 96.0 Å². The molecule has 8 nitrogen and oxygen atoms in total. The molecule has 1 aliphatic carbocycles. The van der Waals surface area contributed by atoms with Crippen molar-refractivity contribution in [3.8, 4) is 5.75 Å². The Morgan fingerprint density at radius 2 is 1.58 bits per heavy atom. The molecule has 3 aromatic carbocycles. The van der Waals surface area contributed by atoms with Crippen molar-refractivity contribution in [2.75, 3.05) is 17.5 Å². The molecule has 1 unspecified atom stereocenters. The SMILES string of the molecule is CCOc1ccc(S(=O)(=O)N(CC(=O)N(Cc2ccccc2C)C(CC)C(=O)NC2CCCC2)c2ccc(C)cc2)cc1. The van der Waals surface area contributed by atoms with E-state index < -0.39 is 28.5 Å². The number of nitrogens with one attached hydrogen (secondary N) is 1. The summed E-state index contributed by atoms with van der Waals surface area (Å²) in [7, 11) is -4.15. The van der Waals surface area contributed by atoms with E-state index in [4.69, 9.17) is 4.74 Å². The molecular formula is C34H43N3O5S. The molecule has 4 rings (SSSR count). The zero-order valence-corrected chi connectivity index (χ0v) is 26.4. The van der Waals surface area contributed by atoms with Gasteiger partial charge in [-0.15, -0.1) is 0 Å². The molecule has 1 atom stereocenters. The average molecular weight is 606 g/mol. The summed E-state index contributed by atoms with van der Waals surface area (Å²) in [6, 6.07) is 20.3. The summed E-state index contributed by atoms with van der Waals surface area (Å²) in [6.45, 7) is 7.80. The van der Waals surface area contributed by atoms with Crippen molar-refractivity contribution in [2.24, 2.45) is 0 Å². The monoisotopic (exact) mass is 605 g/mol. The van der Waals surface area contributed by atoms with Gasteiger partial charge in [-0.05, 0) is 87.6 Å². The quantitative estimate of drug-likeness (QED) is 0.267. The normalized spacial score (nSPS) is 14.2. The molecule has 3 aromatic rings. The molecule has 0 aromatic heterocycles. The summed E-state index contributed by atoms with van der Waals surface area (Å²) in [5.74, 6) is -0.0952. The van der Waals surface area contributed by atoms with E-state index >= 15 is 0 Å². The van der Waals surface area contributed by atoms with Crippen LogP contribution < -0.4 is 14.4 Å². The van der Waals surface area contributed by atoms with E-state index in [0.717, 1.165) is 46.7 Å². The second-order valence-electron chi connectivity index (χ2n) is 11.1. The number of rotatable bonds is 13. The van der Waals surface area contributed by atoms with Gasteiger partial charge < -0.3 is 15.0 Å². The lowest BCUT2D eigenvalue weighted by atomic mass is 10.1. The summed E-state index contributed by atoms with van der Waals surface area (Å²) in [6.07, 6.45) is 4.39. The predicted molar refractivity (Wildman–Crippen MR) is 170 cm³/mol. The minimum atomic E-state index is -4.15. The maximum atomic E-state index is 14.3. The lowest BCUT2D eigenvalue weighted by Gasteiger charge is -2.34. The smallest absolute Gasteiger partial charge is 0.264 e. The van der Waals surface area contributed by atoms with Gasteiger partial charge in [-0.2, -0.15) is 0 Å². The first-order valence-electron chi connectivity index (χ1n) is 15.1. The highest BCUT2D eigenvalue weighted by Gasteiger charge is 2.34. The van der Waals surface area contributed by atoms with Crippen LogP contribution in [0, 0.1) is 13.8 Å². The van der Waals surface area contributed by atoms with Crippen molar-refractivity contribution in [1.29, 1.82) is 0 Å². The van der Waals surface area contributed by atoms with Crippen molar-refractivity contribution in [1.82, 2.24) is 10.2 Å². The first-order valence-corrected chi connectivity index (χ1v) is 16.5. The highest BCUT2D eigenvalue weighted by Crippen LogP contribution is 2.27. The third kappa shape index (κ3) is 7.96. The van der Waals surface area contributed by atoms with E-state index in [1.807, 2.05) is 64.1 Å². The number of hydrogen-bond donors (Lipinski definition) is 1. The van der Waals surface area contributed by atoms with Gasteiger partial charge in [0.25, 0.3) is 10.0 Å². The molecule has 43 heavy (non-hydrogen) atoms. The van der Waals surface area contributed by atoms with Crippen LogP contribution >= 0.6 is 0 Å². The number of nitrogens with zero attached hydrogens (tertiary/aromatic N) is 2. The Morgan fingerprint density at radius 3 is 2.19 bits per heavy atom. The molecule has 0 aliphatic heterocycles. The van der Waals surface area contributed by atoms with E-state index in [-0.39, 0.29) is 23.4 Å². The van der Waals surface area contributed by atoms with Gasteiger partial charge in [-0.3, -0.25) is 13.9 Å². The van der Waals surface area contributed by atoms with Crippen LogP contribution in [0.4, 0.5) is 5.69 Å². The number of carbonyl (C=O) groups excluding carboxylic acids is 2. The molecule has 0 bridgehead atoms. The molecule has 0 saturated heterocycles. The van der Waals surface area contributed by atoms with Crippen LogP contribution in [-0.4, -0.2) is 50.4 Å². The molecule has 1 aliphatic rings. The molecule has 0 spiro atoms. The number of sulfonamides is 1. The van der Waals surface area contributed by atoms with Gasteiger partial charge in [0.05, 0.1) is 17.2 Å². The molecule has 9 heteroatoms. The third-order valence-electron chi connectivity index (χ3n) is 8.01. The Morgan fingerprint density at radius 1 is 0.930 bits per heavy atom. The molecule has 230 valence electrons. The van der Waals surface area contributed by atoms with E-state index in [1.165, 1.54) is 12.1 Å². The number of aryl methyl sites for hydroxylation is 2. The van der Waals surface area contributed by atoms with Gasteiger partial charge in [-0.25, -0.2) is 8.42 Å². The largest absolute Gasteiger partial charge is 0.494 e. The second kappa shape index (κ2) is 14.6. The molecule has 0 radical (unpaired) electrons. The lowest BCUT2D eigenvalue weighted by molar-refractivity contribution is -0.140. The summed E-state index contributed by atoms with van der Waals surface area (Å²) in [4.78, 5) is 29.5. The summed E-state index contributed by atoms with van der Waals surface area (Å²) in [5.41, 5.74) is 3.22. The van der Waals surface area contributed by atoms with Gasteiger partial charge >= 0.3 is 0 Å². The highest BCUT2D eigenvalue weighted by molar-refractivity contribution is 7.92. The Balaban J connectivity index is 1.71.